The van der Waals surface area contributed by atoms with Gasteiger partial charge in [0, 0.05) is 17.0 Å². The van der Waals surface area contributed by atoms with Crippen LogP contribution in [-0.4, -0.2) is 27.0 Å². The zero-order valence-electron chi connectivity index (χ0n) is 15.0. The summed E-state index contributed by atoms with van der Waals surface area (Å²) in [6.07, 6.45) is 4.06. The van der Waals surface area contributed by atoms with Crippen molar-refractivity contribution in [2.45, 2.75) is 77.3 Å². The van der Waals surface area contributed by atoms with Gasteiger partial charge in [-0.05, 0) is 83.4 Å². The van der Waals surface area contributed by atoms with Gasteiger partial charge < -0.3 is 10.0 Å². The maximum absolute atomic E-state index is 12.8. The minimum absolute atomic E-state index is 0.141. The van der Waals surface area contributed by atoms with Gasteiger partial charge in [0.15, 0.2) is 0 Å². The number of benzene rings is 1. The number of aromatic hydroxyl groups is 1. The van der Waals surface area contributed by atoms with E-state index in [4.69, 9.17) is 0 Å². The van der Waals surface area contributed by atoms with Crippen LogP contribution in [0.15, 0.2) is 18.2 Å². The summed E-state index contributed by atoms with van der Waals surface area (Å²) in [6, 6.07) is 5.94. The van der Waals surface area contributed by atoms with Crippen LogP contribution < -0.4 is 0 Å². The molecule has 2 fully saturated rings. The number of hydrogen-bond acceptors (Lipinski definition) is 2. The quantitative estimate of drug-likeness (QED) is 0.880. The summed E-state index contributed by atoms with van der Waals surface area (Å²) in [4.78, 5) is 15.0. The summed E-state index contributed by atoms with van der Waals surface area (Å²) in [5.74, 6) is 1.39. The second kappa shape index (κ2) is 5.25. The number of piperidine rings is 1. The summed E-state index contributed by atoms with van der Waals surface area (Å²) >= 11 is 0. The highest BCUT2D eigenvalue weighted by Gasteiger charge is 2.50. The molecule has 1 saturated heterocycles. The topological polar surface area (TPSA) is 40.5 Å². The number of carbonyl (C=O) groups excluding carboxylic acids is 1. The fraction of sp³-hybridized carbons (Fsp3) is 0.650. The molecular weight excluding hydrogens is 286 g/mol. The first kappa shape index (κ1) is 16.4. The van der Waals surface area contributed by atoms with Gasteiger partial charge in [-0.1, -0.05) is 12.1 Å². The smallest absolute Gasteiger partial charge is 0.226 e. The molecule has 1 aromatic rings. The molecule has 0 bridgehead atoms. The Morgan fingerprint density at radius 3 is 2.17 bits per heavy atom. The Labute approximate surface area is 139 Å². The van der Waals surface area contributed by atoms with Gasteiger partial charge in [0.1, 0.15) is 5.75 Å². The standard InChI is InChI=1S/C20H29NO2/c1-13-10-15(8-9-17(13)22)16-11-19(2,3)21(20(4,5)12-16)18(23)14-6-7-14/h8-10,14,16,22H,6-7,11-12H2,1-5H3. The molecular formula is C20H29NO2. The molecule has 0 unspecified atom stereocenters. The number of phenolic OH excluding ortho intramolecular Hbond substituents is 1. The fourth-order valence-corrected chi connectivity index (χ4v) is 4.56. The van der Waals surface area contributed by atoms with Crippen molar-refractivity contribution in [3.05, 3.63) is 29.3 Å². The van der Waals surface area contributed by atoms with Crippen LogP contribution in [0.1, 0.15) is 70.4 Å². The number of nitrogens with zero attached hydrogens (tertiary/aromatic N) is 1. The average molecular weight is 315 g/mol. The zero-order valence-corrected chi connectivity index (χ0v) is 15.0. The summed E-state index contributed by atoms with van der Waals surface area (Å²) < 4.78 is 0. The number of carbonyl (C=O) groups is 1. The van der Waals surface area contributed by atoms with Crippen LogP contribution in [0.5, 0.6) is 5.75 Å². The Bertz CT molecular complexity index is 611. The number of phenols is 1. The molecule has 1 aliphatic heterocycles. The molecule has 0 radical (unpaired) electrons. The SMILES string of the molecule is Cc1cc(C2CC(C)(C)N(C(=O)C3CC3)C(C)(C)C2)ccc1O. The predicted molar refractivity (Wildman–Crippen MR) is 92.5 cm³/mol. The molecule has 2 aliphatic rings. The van der Waals surface area contributed by atoms with E-state index in [1.54, 1.807) is 6.07 Å². The second-order valence-corrected chi connectivity index (χ2v) is 8.72. The van der Waals surface area contributed by atoms with Crippen LogP contribution >= 0.6 is 0 Å². The van der Waals surface area contributed by atoms with Crippen molar-refractivity contribution in [3.8, 4) is 5.75 Å². The van der Waals surface area contributed by atoms with Crippen molar-refractivity contribution in [1.82, 2.24) is 4.90 Å². The third-order valence-electron chi connectivity index (χ3n) is 5.54. The van der Waals surface area contributed by atoms with E-state index in [1.807, 2.05) is 13.0 Å². The van der Waals surface area contributed by atoms with Crippen molar-refractivity contribution in [1.29, 1.82) is 0 Å². The lowest BCUT2D eigenvalue weighted by Gasteiger charge is -2.55. The van der Waals surface area contributed by atoms with E-state index in [2.05, 4.69) is 38.7 Å². The minimum atomic E-state index is -0.141. The Morgan fingerprint density at radius 1 is 1.13 bits per heavy atom. The van der Waals surface area contributed by atoms with Crippen LogP contribution in [0.25, 0.3) is 0 Å². The lowest BCUT2D eigenvalue weighted by Crippen LogP contribution is -2.62. The molecule has 1 saturated carbocycles. The monoisotopic (exact) mass is 315 g/mol. The van der Waals surface area contributed by atoms with Crippen molar-refractivity contribution in [2.24, 2.45) is 5.92 Å². The first-order valence-electron chi connectivity index (χ1n) is 8.75. The lowest BCUT2D eigenvalue weighted by molar-refractivity contribution is -0.151. The van der Waals surface area contributed by atoms with E-state index in [9.17, 15) is 9.90 Å². The van der Waals surface area contributed by atoms with Crippen LogP contribution in [-0.2, 0) is 4.79 Å². The van der Waals surface area contributed by atoms with Crippen molar-refractivity contribution >= 4 is 5.91 Å². The lowest BCUT2D eigenvalue weighted by atomic mass is 9.71. The first-order chi connectivity index (χ1) is 10.6. The largest absolute Gasteiger partial charge is 0.508 e. The predicted octanol–water partition coefficient (Wildman–Crippen LogP) is 4.37. The second-order valence-electron chi connectivity index (χ2n) is 8.72. The highest BCUT2D eigenvalue weighted by Crippen LogP contribution is 2.48. The van der Waals surface area contributed by atoms with E-state index in [1.165, 1.54) is 5.56 Å². The fourth-order valence-electron chi connectivity index (χ4n) is 4.56. The van der Waals surface area contributed by atoms with E-state index >= 15 is 0 Å². The Hall–Kier alpha value is -1.51. The van der Waals surface area contributed by atoms with Crippen LogP contribution in [0.3, 0.4) is 0 Å². The van der Waals surface area contributed by atoms with Gasteiger partial charge in [-0.2, -0.15) is 0 Å². The van der Waals surface area contributed by atoms with Gasteiger partial charge in [0.2, 0.25) is 5.91 Å². The van der Waals surface area contributed by atoms with E-state index < -0.39 is 0 Å². The molecule has 126 valence electrons. The van der Waals surface area contributed by atoms with Gasteiger partial charge in [-0.15, -0.1) is 0 Å². The molecule has 23 heavy (non-hydrogen) atoms. The maximum atomic E-state index is 12.8. The number of aryl methyl sites for hydroxylation is 1. The van der Waals surface area contributed by atoms with Gasteiger partial charge >= 0.3 is 0 Å². The first-order valence-corrected chi connectivity index (χ1v) is 8.75. The number of amides is 1. The molecule has 1 aromatic carbocycles. The van der Waals surface area contributed by atoms with E-state index in [-0.39, 0.29) is 17.0 Å². The summed E-state index contributed by atoms with van der Waals surface area (Å²) in [5.41, 5.74) is 1.92. The van der Waals surface area contributed by atoms with E-state index in [0.29, 0.717) is 17.6 Å². The molecule has 1 amide bonds. The van der Waals surface area contributed by atoms with Gasteiger partial charge in [0.05, 0.1) is 0 Å². The van der Waals surface area contributed by atoms with Gasteiger partial charge in [-0.3, -0.25) is 4.79 Å². The Morgan fingerprint density at radius 2 is 1.70 bits per heavy atom. The van der Waals surface area contributed by atoms with E-state index in [0.717, 1.165) is 31.2 Å². The van der Waals surface area contributed by atoms with Crippen LogP contribution in [0, 0.1) is 12.8 Å². The van der Waals surface area contributed by atoms with Gasteiger partial charge in [-0.25, -0.2) is 0 Å². The van der Waals surface area contributed by atoms with Crippen LogP contribution in [0.2, 0.25) is 0 Å². The molecule has 3 heteroatoms. The third kappa shape index (κ3) is 2.98. The number of likely N-dealkylation sites (tertiary alicyclic amines) is 1. The Balaban J connectivity index is 1.90. The maximum Gasteiger partial charge on any atom is 0.226 e. The molecule has 1 N–H and O–H groups in total. The average Bonchev–Trinajstić information content (AvgIpc) is 3.23. The van der Waals surface area contributed by atoms with Crippen molar-refractivity contribution < 1.29 is 9.90 Å². The molecule has 0 spiro atoms. The normalized spacial score (nSPS) is 23.8. The summed E-state index contributed by atoms with van der Waals surface area (Å²) in [7, 11) is 0. The zero-order chi connectivity index (χ0) is 17.0. The number of rotatable bonds is 2. The molecule has 3 rings (SSSR count). The highest BCUT2D eigenvalue weighted by atomic mass is 16.3. The minimum Gasteiger partial charge on any atom is -0.508 e. The molecule has 1 heterocycles. The summed E-state index contributed by atoms with van der Waals surface area (Å²) in [6.45, 7) is 10.8. The van der Waals surface area contributed by atoms with Crippen molar-refractivity contribution in [2.75, 3.05) is 0 Å². The molecule has 3 nitrogen and oxygen atoms in total. The Kier molecular flexibility index (Phi) is 3.74. The number of hydrogen-bond donors (Lipinski definition) is 1. The van der Waals surface area contributed by atoms with Gasteiger partial charge in [0.25, 0.3) is 0 Å². The molecule has 0 aromatic heterocycles. The van der Waals surface area contributed by atoms with Crippen LogP contribution in [0.4, 0.5) is 0 Å². The summed E-state index contributed by atoms with van der Waals surface area (Å²) in [5, 5.41) is 9.78. The molecule has 0 atom stereocenters. The molecule has 1 aliphatic carbocycles. The van der Waals surface area contributed by atoms with Crippen molar-refractivity contribution in [3.63, 3.8) is 0 Å². The highest BCUT2D eigenvalue weighted by molar-refractivity contribution is 5.82. The third-order valence-corrected chi connectivity index (χ3v) is 5.54.